The number of hydrogen-bond acceptors (Lipinski definition) is 7. The van der Waals surface area contributed by atoms with Crippen LogP contribution in [0.15, 0.2) is 66.4 Å². The first-order valence-electron chi connectivity index (χ1n) is 12.3. The van der Waals surface area contributed by atoms with Crippen molar-refractivity contribution in [3.05, 3.63) is 83.1 Å². The Balaban J connectivity index is 1.37. The fourth-order valence-corrected chi connectivity index (χ4v) is 4.68. The second-order valence-corrected chi connectivity index (χ2v) is 9.77. The van der Waals surface area contributed by atoms with Crippen LogP contribution < -0.4 is 20.7 Å². The van der Waals surface area contributed by atoms with E-state index in [0.717, 1.165) is 54.3 Å². The Kier molecular flexibility index (Phi) is 6.99. The van der Waals surface area contributed by atoms with E-state index in [1.165, 1.54) is 5.69 Å². The fraction of sp³-hybridized carbons (Fsp3) is 0.345. The molecule has 2 aromatic rings. The molecule has 2 saturated heterocycles. The third-order valence-electron chi connectivity index (χ3n) is 6.84. The van der Waals surface area contributed by atoms with Crippen LogP contribution >= 0.6 is 0 Å². The Morgan fingerprint density at radius 2 is 1.94 bits per heavy atom. The van der Waals surface area contributed by atoms with Crippen LogP contribution in [0.25, 0.3) is 11.3 Å². The van der Waals surface area contributed by atoms with Crippen molar-refractivity contribution in [1.29, 1.82) is 5.26 Å². The number of benzene rings is 2. The van der Waals surface area contributed by atoms with E-state index >= 15 is 0 Å². The first-order chi connectivity index (χ1) is 17.6. The summed E-state index contributed by atoms with van der Waals surface area (Å²) in [5.74, 6) is 0.594. The molecule has 0 bridgehead atoms. The van der Waals surface area contributed by atoms with E-state index in [9.17, 15) is 5.26 Å². The standard InChI is InChI=1S/C29H32N4O3/c1-29(18-35-19-29)20-36-28-7-4-22(14-23(28)16-31)26(8-9-30)24-15-27(32-17-24)21-2-5-25(6-3-21)33-10-12-34-13-11-33/h2-9,14-15,32H,10-13,17-20,30H2,1H3/b9-8-,26-24+. The lowest BCUT2D eigenvalue weighted by Crippen LogP contribution is -2.44. The zero-order valence-corrected chi connectivity index (χ0v) is 20.6. The zero-order valence-electron chi connectivity index (χ0n) is 20.6. The highest BCUT2D eigenvalue weighted by Crippen LogP contribution is 2.32. The number of anilines is 1. The molecule has 0 aliphatic carbocycles. The Labute approximate surface area is 212 Å². The van der Waals surface area contributed by atoms with Crippen LogP contribution in [0.4, 0.5) is 5.69 Å². The molecule has 36 heavy (non-hydrogen) atoms. The second kappa shape index (κ2) is 10.5. The van der Waals surface area contributed by atoms with E-state index in [-0.39, 0.29) is 5.41 Å². The van der Waals surface area contributed by atoms with Crippen LogP contribution in [-0.2, 0) is 9.47 Å². The minimum atomic E-state index is 0.0118. The predicted octanol–water partition coefficient (Wildman–Crippen LogP) is 3.68. The van der Waals surface area contributed by atoms with E-state index in [4.69, 9.17) is 19.9 Å². The number of nitriles is 1. The average molecular weight is 485 g/mol. The molecule has 3 N–H and O–H groups in total. The first-order valence-corrected chi connectivity index (χ1v) is 12.3. The normalized spacial score (nSPS) is 20.3. The third kappa shape index (κ3) is 5.11. The van der Waals surface area contributed by atoms with Crippen molar-refractivity contribution in [3.8, 4) is 11.8 Å². The number of nitrogens with one attached hydrogen (secondary N) is 1. The monoisotopic (exact) mass is 484 g/mol. The predicted molar refractivity (Wildman–Crippen MR) is 141 cm³/mol. The number of allylic oxidation sites excluding steroid dienone is 2. The number of hydrogen-bond donors (Lipinski definition) is 2. The smallest absolute Gasteiger partial charge is 0.137 e. The van der Waals surface area contributed by atoms with E-state index in [1.54, 1.807) is 6.20 Å². The molecule has 0 spiro atoms. The summed E-state index contributed by atoms with van der Waals surface area (Å²) in [6.07, 6.45) is 5.59. The highest BCUT2D eigenvalue weighted by Gasteiger charge is 2.34. The van der Waals surface area contributed by atoms with Gasteiger partial charge in [0.05, 0.1) is 38.6 Å². The van der Waals surface area contributed by atoms with Gasteiger partial charge in [-0.2, -0.15) is 5.26 Å². The third-order valence-corrected chi connectivity index (χ3v) is 6.84. The largest absolute Gasteiger partial charge is 0.491 e. The molecule has 3 heterocycles. The molecule has 0 radical (unpaired) electrons. The summed E-state index contributed by atoms with van der Waals surface area (Å²) in [5.41, 5.74) is 12.8. The summed E-state index contributed by atoms with van der Waals surface area (Å²) in [6.45, 7) is 8.08. The van der Waals surface area contributed by atoms with Crippen LogP contribution in [0.2, 0.25) is 0 Å². The van der Waals surface area contributed by atoms with E-state index in [1.807, 2.05) is 24.3 Å². The first kappa shape index (κ1) is 24.0. The van der Waals surface area contributed by atoms with Crippen molar-refractivity contribution < 1.29 is 14.2 Å². The lowest BCUT2D eigenvalue weighted by atomic mass is 9.90. The van der Waals surface area contributed by atoms with E-state index in [2.05, 4.69) is 53.6 Å². The Hall–Kier alpha value is -3.73. The van der Waals surface area contributed by atoms with Crippen LogP contribution in [0.3, 0.4) is 0 Å². The molecule has 186 valence electrons. The highest BCUT2D eigenvalue weighted by molar-refractivity contribution is 5.84. The molecule has 7 heteroatoms. The number of morpholine rings is 1. The Morgan fingerprint density at radius 3 is 2.61 bits per heavy atom. The van der Waals surface area contributed by atoms with E-state index in [0.29, 0.717) is 37.7 Å². The minimum absolute atomic E-state index is 0.0118. The molecule has 2 aromatic carbocycles. The molecule has 0 amide bonds. The Morgan fingerprint density at radius 1 is 1.17 bits per heavy atom. The number of nitrogens with two attached hydrogens (primary N) is 1. The lowest BCUT2D eigenvalue weighted by Gasteiger charge is -2.37. The van der Waals surface area contributed by atoms with Crippen molar-refractivity contribution in [1.82, 2.24) is 5.32 Å². The van der Waals surface area contributed by atoms with Crippen LogP contribution in [0.5, 0.6) is 5.75 Å². The SMILES string of the molecule is CC1(COc2ccc(C(/C=C\N)=C3\C=C(c4ccc(N5CCOCC5)cc4)NC3)cc2C#N)COC1. The van der Waals surface area contributed by atoms with Gasteiger partial charge in [0, 0.05) is 36.4 Å². The average Bonchev–Trinajstić information content (AvgIpc) is 3.40. The lowest BCUT2D eigenvalue weighted by molar-refractivity contribution is -0.120. The maximum Gasteiger partial charge on any atom is 0.137 e. The number of nitrogens with zero attached hydrogens (tertiary/aromatic N) is 2. The minimum Gasteiger partial charge on any atom is -0.491 e. The fourth-order valence-electron chi connectivity index (χ4n) is 4.68. The van der Waals surface area contributed by atoms with Gasteiger partial charge >= 0.3 is 0 Å². The van der Waals surface area contributed by atoms with Crippen LogP contribution in [-0.4, -0.2) is 52.7 Å². The summed E-state index contributed by atoms with van der Waals surface area (Å²) in [4.78, 5) is 2.35. The van der Waals surface area contributed by atoms with Crippen molar-refractivity contribution in [2.75, 3.05) is 57.6 Å². The maximum absolute atomic E-state index is 9.78. The molecule has 5 rings (SSSR count). The molecule has 3 aliphatic rings. The highest BCUT2D eigenvalue weighted by atomic mass is 16.5. The van der Waals surface area contributed by atoms with Gasteiger partial charge in [-0.05, 0) is 64.9 Å². The van der Waals surface area contributed by atoms with Crippen molar-refractivity contribution >= 4 is 17.0 Å². The van der Waals surface area contributed by atoms with E-state index < -0.39 is 0 Å². The van der Waals surface area contributed by atoms with Gasteiger partial charge in [-0.3, -0.25) is 0 Å². The van der Waals surface area contributed by atoms with Gasteiger partial charge in [-0.1, -0.05) is 25.1 Å². The van der Waals surface area contributed by atoms with Gasteiger partial charge in [0.2, 0.25) is 0 Å². The molecule has 7 nitrogen and oxygen atoms in total. The maximum atomic E-state index is 9.78. The van der Waals surface area contributed by atoms with Gasteiger partial charge in [-0.15, -0.1) is 0 Å². The van der Waals surface area contributed by atoms with Gasteiger partial charge in [0.25, 0.3) is 0 Å². The summed E-state index contributed by atoms with van der Waals surface area (Å²) >= 11 is 0. The molecular weight excluding hydrogens is 452 g/mol. The molecule has 2 fully saturated rings. The molecule has 0 unspecified atom stereocenters. The van der Waals surface area contributed by atoms with Crippen LogP contribution in [0, 0.1) is 16.7 Å². The molecule has 3 aliphatic heterocycles. The molecule has 0 saturated carbocycles. The zero-order chi connectivity index (χ0) is 25.0. The van der Waals surface area contributed by atoms with Gasteiger partial charge < -0.3 is 30.2 Å². The summed E-state index contributed by atoms with van der Waals surface area (Å²) in [5, 5.41) is 13.3. The van der Waals surface area contributed by atoms with Crippen molar-refractivity contribution in [2.24, 2.45) is 11.1 Å². The van der Waals surface area contributed by atoms with Crippen LogP contribution in [0.1, 0.15) is 23.6 Å². The topological polar surface area (TPSA) is 92.8 Å². The van der Waals surface area contributed by atoms with Gasteiger partial charge in [0.1, 0.15) is 11.8 Å². The quantitative estimate of drug-likeness (QED) is 0.619. The second-order valence-electron chi connectivity index (χ2n) is 9.77. The van der Waals surface area contributed by atoms with Crippen molar-refractivity contribution in [2.45, 2.75) is 6.92 Å². The molecular formula is C29H32N4O3. The summed E-state index contributed by atoms with van der Waals surface area (Å²) in [6, 6.07) is 16.7. The summed E-state index contributed by atoms with van der Waals surface area (Å²) in [7, 11) is 0. The van der Waals surface area contributed by atoms with Gasteiger partial charge in [0.15, 0.2) is 0 Å². The molecule has 0 atom stereocenters. The summed E-state index contributed by atoms with van der Waals surface area (Å²) < 4.78 is 16.8. The number of ether oxygens (including phenoxy) is 3. The van der Waals surface area contributed by atoms with Gasteiger partial charge in [-0.25, -0.2) is 0 Å². The Bertz CT molecular complexity index is 1230. The number of rotatable bonds is 7. The van der Waals surface area contributed by atoms with Crippen molar-refractivity contribution in [3.63, 3.8) is 0 Å². The molecule has 0 aromatic heterocycles.